The molecular weight excluding hydrogens is 586 g/mol. The van der Waals surface area contributed by atoms with Crippen LogP contribution >= 0.6 is 0 Å². The maximum atomic E-state index is 13.1. The topological polar surface area (TPSA) is 111 Å². The molecule has 7 heteroatoms. The third-order valence-corrected chi connectivity index (χ3v) is 8.68. The van der Waals surface area contributed by atoms with Crippen molar-refractivity contribution in [3.8, 4) is 0 Å². The number of carbonyl (C=O) groups excluding carboxylic acids is 3. The van der Waals surface area contributed by atoms with Gasteiger partial charge in [-0.15, -0.1) is 0 Å². The van der Waals surface area contributed by atoms with Crippen LogP contribution < -0.4 is 16.4 Å². The number of hydrogen-bond acceptors (Lipinski definition) is 5. The molecule has 0 unspecified atom stereocenters. The summed E-state index contributed by atoms with van der Waals surface area (Å²) in [7, 11) is 0. The number of amides is 2. The van der Waals surface area contributed by atoms with Crippen LogP contribution in [0.15, 0.2) is 54.6 Å². The molecule has 0 fully saturated rings. The molecule has 0 radical (unpaired) electrons. The van der Waals surface area contributed by atoms with Gasteiger partial charge in [0, 0.05) is 37.9 Å². The summed E-state index contributed by atoms with van der Waals surface area (Å²) in [5, 5.41) is 6.08. The van der Waals surface area contributed by atoms with Crippen molar-refractivity contribution in [2.24, 2.45) is 0 Å². The molecule has 2 aromatic carbocycles. The lowest BCUT2D eigenvalue weighted by Crippen LogP contribution is -2.48. The first-order chi connectivity index (χ1) is 23.0. The van der Waals surface area contributed by atoms with Crippen molar-refractivity contribution in [2.45, 2.75) is 148 Å². The summed E-state index contributed by atoms with van der Waals surface area (Å²) in [6.45, 7) is 3.27. The highest BCUT2D eigenvalue weighted by Crippen LogP contribution is 2.13. The van der Waals surface area contributed by atoms with Crippen LogP contribution in [0.25, 0.3) is 0 Å². The standard InChI is InChI=1S/C40H63N3O4/c1-2-3-4-5-6-7-10-13-19-24-38(44)43-37(33-35-22-17-16-18-23-35)40(46)42-31-21-15-12-9-8-11-14-20-25-39(45)47-32-30-34-26-28-36(41)29-27-34/h16-18,22-23,26-29,37H,2-15,19-21,24-25,30-33,41H2,1H3,(H,42,46)(H,43,44)/t37-/m0/s1. The smallest absolute Gasteiger partial charge is 0.305 e. The number of ether oxygens (including phenoxy) is 1. The monoisotopic (exact) mass is 649 g/mol. The Bertz CT molecular complexity index is 1090. The Morgan fingerprint density at radius 1 is 0.660 bits per heavy atom. The quantitative estimate of drug-likeness (QED) is 0.0486. The molecule has 4 N–H and O–H groups in total. The first-order valence-electron chi connectivity index (χ1n) is 18.6. The Morgan fingerprint density at radius 2 is 1.21 bits per heavy atom. The maximum absolute atomic E-state index is 13.1. The molecule has 0 aliphatic heterocycles. The molecule has 2 aromatic rings. The second-order valence-corrected chi connectivity index (χ2v) is 13.0. The molecule has 0 aromatic heterocycles. The van der Waals surface area contributed by atoms with Gasteiger partial charge in [-0.05, 0) is 42.5 Å². The maximum Gasteiger partial charge on any atom is 0.305 e. The lowest BCUT2D eigenvalue weighted by Gasteiger charge is -2.19. The first-order valence-corrected chi connectivity index (χ1v) is 18.6. The van der Waals surface area contributed by atoms with Crippen LogP contribution in [0.5, 0.6) is 0 Å². The molecule has 0 saturated carbocycles. The zero-order valence-electron chi connectivity index (χ0n) is 29.2. The van der Waals surface area contributed by atoms with Gasteiger partial charge in [-0.1, -0.05) is 139 Å². The molecule has 0 spiro atoms. The van der Waals surface area contributed by atoms with Crippen LogP contribution in [0, 0.1) is 0 Å². The number of anilines is 1. The molecule has 0 heterocycles. The molecule has 0 aliphatic rings. The van der Waals surface area contributed by atoms with Crippen molar-refractivity contribution in [1.29, 1.82) is 0 Å². The van der Waals surface area contributed by atoms with Crippen LogP contribution in [0.3, 0.4) is 0 Å². The minimum absolute atomic E-state index is 0.0321. The Morgan fingerprint density at radius 3 is 1.83 bits per heavy atom. The van der Waals surface area contributed by atoms with E-state index in [-0.39, 0.29) is 17.8 Å². The van der Waals surface area contributed by atoms with Crippen LogP contribution in [-0.2, 0) is 32.0 Å². The highest BCUT2D eigenvalue weighted by Gasteiger charge is 2.20. The summed E-state index contributed by atoms with van der Waals surface area (Å²) in [4.78, 5) is 37.7. The van der Waals surface area contributed by atoms with Crippen molar-refractivity contribution in [2.75, 3.05) is 18.9 Å². The Balaban J connectivity index is 1.51. The van der Waals surface area contributed by atoms with E-state index in [9.17, 15) is 14.4 Å². The van der Waals surface area contributed by atoms with E-state index >= 15 is 0 Å². The summed E-state index contributed by atoms with van der Waals surface area (Å²) in [5.74, 6) is -0.250. The van der Waals surface area contributed by atoms with Crippen LogP contribution in [-0.4, -0.2) is 37.0 Å². The van der Waals surface area contributed by atoms with Gasteiger partial charge in [0.05, 0.1) is 6.61 Å². The molecular formula is C40H63N3O4. The van der Waals surface area contributed by atoms with Crippen molar-refractivity contribution in [3.05, 3.63) is 65.7 Å². The molecule has 47 heavy (non-hydrogen) atoms. The predicted octanol–water partition coefficient (Wildman–Crippen LogP) is 8.63. The van der Waals surface area contributed by atoms with Gasteiger partial charge in [0.25, 0.3) is 0 Å². The third kappa shape index (κ3) is 21.2. The Hall–Kier alpha value is -3.35. The largest absolute Gasteiger partial charge is 0.465 e. The van der Waals surface area contributed by atoms with Gasteiger partial charge < -0.3 is 21.1 Å². The second kappa shape index (κ2) is 26.7. The number of esters is 1. The number of hydrogen-bond donors (Lipinski definition) is 3. The average Bonchev–Trinajstić information content (AvgIpc) is 3.07. The summed E-state index contributed by atoms with van der Waals surface area (Å²) in [6, 6.07) is 17.0. The minimum atomic E-state index is -0.551. The predicted molar refractivity (Wildman–Crippen MR) is 194 cm³/mol. The Kier molecular flexibility index (Phi) is 22.6. The van der Waals surface area contributed by atoms with Gasteiger partial charge in [0.1, 0.15) is 6.04 Å². The lowest BCUT2D eigenvalue weighted by molar-refractivity contribution is -0.143. The van der Waals surface area contributed by atoms with Gasteiger partial charge in [0.2, 0.25) is 11.8 Å². The molecule has 2 amide bonds. The lowest BCUT2D eigenvalue weighted by atomic mass is 10.0. The fourth-order valence-electron chi connectivity index (χ4n) is 5.75. The Labute approximate surface area is 285 Å². The van der Waals surface area contributed by atoms with E-state index in [1.165, 1.54) is 44.9 Å². The number of rotatable bonds is 28. The molecule has 1 atom stereocenters. The summed E-state index contributed by atoms with van der Waals surface area (Å²) in [5.41, 5.74) is 8.59. The molecule has 0 saturated heterocycles. The zero-order chi connectivity index (χ0) is 33.8. The van der Waals surface area contributed by atoms with Gasteiger partial charge in [0.15, 0.2) is 0 Å². The van der Waals surface area contributed by atoms with Crippen LogP contribution in [0.1, 0.15) is 140 Å². The fraction of sp³-hybridized carbons (Fsp3) is 0.625. The number of carbonyl (C=O) groups is 3. The third-order valence-electron chi connectivity index (χ3n) is 8.68. The van der Waals surface area contributed by atoms with Gasteiger partial charge in [-0.3, -0.25) is 14.4 Å². The van der Waals surface area contributed by atoms with Gasteiger partial charge >= 0.3 is 5.97 Å². The highest BCUT2D eigenvalue weighted by molar-refractivity contribution is 5.87. The normalized spacial score (nSPS) is 11.6. The van der Waals surface area contributed by atoms with E-state index in [0.29, 0.717) is 38.8 Å². The minimum Gasteiger partial charge on any atom is -0.465 e. The van der Waals surface area contributed by atoms with E-state index in [1.807, 2.05) is 54.6 Å². The summed E-state index contributed by atoms with van der Waals surface area (Å²) < 4.78 is 5.36. The number of unbranched alkanes of at least 4 members (excludes halogenated alkanes) is 15. The SMILES string of the molecule is CCCCCCCCCCCC(=O)N[C@@H](Cc1ccccc1)C(=O)NCCCCCCCCCCC(=O)OCCc1ccc(N)cc1. The number of benzene rings is 2. The van der Waals surface area contributed by atoms with Crippen molar-refractivity contribution in [1.82, 2.24) is 10.6 Å². The fourth-order valence-corrected chi connectivity index (χ4v) is 5.75. The van der Waals surface area contributed by atoms with Crippen molar-refractivity contribution in [3.63, 3.8) is 0 Å². The van der Waals surface area contributed by atoms with Crippen molar-refractivity contribution < 1.29 is 19.1 Å². The van der Waals surface area contributed by atoms with Crippen LogP contribution in [0.4, 0.5) is 5.69 Å². The second-order valence-electron chi connectivity index (χ2n) is 13.0. The average molecular weight is 650 g/mol. The van der Waals surface area contributed by atoms with Crippen LogP contribution in [0.2, 0.25) is 0 Å². The van der Waals surface area contributed by atoms with E-state index in [2.05, 4.69) is 17.6 Å². The molecule has 262 valence electrons. The molecule has 7 nitrogen and oxygen atoms in total. The summed E-state index contributed by atoms with van der Waals surface area (Å²) >= 11 is 0. The molecule has 0 aliphatic carbocycles. The van der Waals surface area contributed by atoms with E-state index in [0.717, 1.165) is 81.0 Å². The van der Waals surface area contributed by atoms with E-state index < -0.39 is 6.04 Å². The number of nitrogens with two attached hydrogens (primary N) is 1. The van der Waals surface area contributed by atoms with Gasteiger partial charge in [-0.2, -0.15) is 0 Å². The van der Waals surface area contributed by atoms with Crippen molar-refractivity contribution >= 4 is 23.5 Å². The zero-order valence-corrected chi connectivity index (χ0v) is 29.2. The molecule has 2 rings (SSSR count). The van der Waals surface area contributed by atoms with E-state index in [1.54, 1.807) is 0 Å². The first kappa shape index (κ1) is 39.8. The van der Waals surface area contributed by atoms with E-state index in [4.69, 9.17) is 10.5 Å². The number of nitrogens with one attached hydrogen (secondary N) is 2. The summed E-state index contributed by atoms with van der Waals surface area (Å²) in [6.07, 6.45) is 21.5. The van der Waals surface area contributed by atoms with Gasteiger partial charge in [-0.25, -0.2) is 0 Å². The number of nitrogen functional groups attached to an aromatic ring is 1. The molecule has 0 bridgehead atoms. The highest BCUT2D eigenvalue weighted by atomic mass is 16.5.